The molecule has 2 atom stereocenters. The summed E-state index contributed by atoms with van der Waals surface area (Å²) in [5, 5.41) is 10.9. The van der Waals surface area contributed by atoms with Gasteiger partial charge in [0.1, 0.15) is 5.82 Å². The normalized spacial score (nSPS) is 23.3. The molecular weight excluding hydrogens is 362 g/mol. The predicted molar refractivity (Wildman–Crippen MR) is 91.6 cm³/mol. The highest BCUT2D eigenvalue weighted by Crippen LogP contribution is 2.41. The summed E-state index contributed by atoms with van der Waals surface area (Å²) in [7, 11) is 1.40. The third-order valence-corrected chi connectivity index (χ3v) is 4.86. The van der Waals surface area contributed by atoms with E-state index in [9.17, 15) is 22.4 Å². The summed E-state index contributed by atoms with van der Waals surface area (Å²) >= 11 is 0. The van der Waals surface area contributed by atoms with E-state index in [0.717, 1.165) is 17.0 Å². The topological polar surface area (TPSA) is 56.2 Å². The van der Waals surface area contributed by atoms with Crippen molar-refractivity contribution in [1.29, 1.82) is 5.41 Å². The van der Waals surface area contributed by atoms with Crippen molar-refractivity contribution in [3.8, 4) is 0 Å². The number of alkyl halides is 3. The second kappa shape index (κ2) is 6.37. The first kappa shape index (κ1) is 18.9. The molecule has 0 radical (unpaired) electrons. The van der Waals surface area contributed by atoms with Crippen molar-refractivity contribution < 1.29 is 22.4 Å². The lowest BCUT2D eigenvalue weighted by Crippen LogP contribution is -2.62. The van der Waals surface area contributed by atoms with E-state index in [1.807, 2.05) is 0 Å². The fourth-order valence-corrected chi connectivity index (χ4v) is 3.34. The molecule has 1 aliphatic heterocycles. The number of halogens is 4. The summed E-state index contributed by atoms with van der Waals surface area (Å²) in [6.07, 6.45) is -4.49. The molecule has 0 saturated carbocycles. The van der Waals surface area contributed by atoms with Crippen LogP contribution >= 0.6 is 0 Å². The van der Waals surface area contributed by atoms with Crippen molar-refractivity contribution in [2.24, 2.45) is 0 Å². The molecule has 0 bridgehead atoms. The Hall–Kier alpha value is -2.90. The van der Waals surface area contributed by atoms with Gasteiger partial charge in [-0.15, -0.1) is 0 Å². The van der Waals surface area contributed by atoms with Crippen molar-refractivity contribution in [2.45, 2.75) is 24.6 Å². The number of carbonyl (C=O) groups is 1. The van der Waals surface area contributed by atoms with Crippen molar-refractivity contribution >= 4 is 11.9 Å². The van der Waals surface area contributed by atoms with Crippen LogP contribution in [0.25, 0.3) is 0 Å². The lowest BCUT2D eigenvalue weighted by Gasteiger charge is -2.46. The number of likely N-dealkylation sites (N-methyl/N-ethyl adjacent to an activating group) is 1. The molecule has 0 aromatic heterocycles. The average Bonchev–Trinajstić information content (AvgIpc) is 2.59. The SMILES string of the molecule is CN1C(=N)N[C@](C)(c2cccc(F)c2)[C@@H](c2ccc(C(F)(F)F)cc2)C1=O. The number of nitrogens with one attached hydrogen (secondary N) is 2. The second-order valence-electron chi connectivity index (χ2n) is 6.64. The first-order valence-electron chi connectivity index (χ1n) is 8.11. The van der Waals surface area contributed by atoms with Crippen LogP contribution in [0.3, 0.4) is 0 Å². The number of hydrogen-bond donors (Lipinski definition) is 2. The summed E-state index contributed by atoms with van der Waals surface area (Å²) in [6.45, 7) is 1.63. The molecule has 2 aromatic carbocycles. The third-order valence-electron chi connectivity index (χ3n) is 4.86. The maximum atomic E-state index is 13.8. The molecule has 0 spiro atoms. The second-order valence-corrected chi connectivity index (χ2v) is 6.64. The molecule has 2 N–H and O–H groups in total. The van der Waals surface area contributed by atoms with Gasteiger partial charge in [-0.05, 0) is 42.3 Å². The Morgan fingerprint density at radius 2 is 1.78 bits per heavy atom. The monoisotopic (exact) mass is 379 g/mol. The van der Waals surface area contributed by atoms with Gasteiger partial charge in [-0.25, -0.2) is 4.39 Å². The molecule has 0 unspecified atom stereocenters. The molecule has 3 rings (SSSR count). The molecule has 1 aliphatic rings. The van der Waals surface area contributed by atoms with Crippen molar-refractivity contribution in [3.63, 3.8) is 0 Å². The van der Waals surface area contributed by atoms with Gasteiger partial charge in [0.15, 0.2) is 5.96 Å². The number of carbonyl (C=O) groups excluding carboxylic acids is 1. The Morgan fingerprint density at radius 1 is 1.15 bits per heavy atom. The Balaban J connectivity index is 2.13. The zero-order chi connectivity index (χ0) is 20.0. The van der Waals surface area contributed by atoms with Crippen LogP contribution in [0, 0.1) is 11.2 Å². The van der Waals surface area contributed by atoms with Gasteiger partial charge in [0.25, 0.3) is 0 Å². The van der Waals surface area contributed by atoms with Gasteiger partial charge >= 0.3 is 6.18 Å². The van der Waals surface area contributed by atoms with Crippen molar-refractivity contribution in [2.75, 3.05) is 7.05 Å². The molecular formula is C19H17F4N3O. The molecule has 1 saturated heterocycles. The number of nitrogens with zero attached hydrogens (tertiary/aromatic N) is 1. The standard InChI is InChI=1S/C19H17F4N3O/c1-18(13-4-3-5-14(20)10-13)15(16(27)26(2)17(24)25-18)11-6-8-12(9-7-11)19(21,22)23/h3-10,15H,1-2H3,(H2,24,25)/t15-,18+/m0/s1. The molecule has 4 nitrogen and oxygen atoms in total. The summed E-state index contributed by atoms with van der Waals surface area (Å²) in [5.41, 5.74) is -1.27. The molecule has 27 heavy (non-hydrogen) atoms. The lowest BCUT2D eigenvalue weighted by molar-refractivity contribution is -0.137. The van der Waals surface area contributed by atoms with Crippen LogP contribution in [-0.2, 0) is 16.5 Å². The van der Waals surface area contributed by atoms with Crippen LogP contribution in [-0.4, -0.2) is 23.8 Å². The van der Waals surface area contributed by atoms with Gasteiger partial charge in [-0.2, -0.15) is 13.2 Å². The van der Waals surface area contributed by atoms with Gasteiger partial charge < -0.3 is 5.32 Å². The molecule has 1 fully saturated rings. The van der Waals surface area contributed by atoms with Crippen LogP contribution in [0.15, 0.2) is 48.5 Å². The van der Waals surface area contributed by atoms with Crippen LogP contribution in [0.1, 0.15) is 29.5 Å². The minimum atomic E-state index is -4.49. The first-order valence-corrected chi connectivity index (χ1v) is 8.11. The minimum Gasteiger partial charge on any atom is -0.346 e. The number of benzene rings is 2. The quantitative estimate of drug-likeness (QED) is 0.779. The van der Waals surface area contributed by atoms with Crippen molar-refractivity contribution in [1.82, 2.24) is 10.2 Å². The van der Waals surface area contributed by atoms with Gasteiger partial charge in [0.05, 0.1) is 17.0 Å². The highest BCUT2D eigenvalue weighted by molar-refractivity contribution is 6.02. The first-order chi connectivity index (χ1) is 12.5. The van der Waals surface area contributed by atoms with E-state index in [2.05, 4.69) is 5.32 Å². The zero-order valence-electron chi connectivity index (χ0n) is 14.6. The van der Waals surface area contributed by atoms with Crippen molar-refractivity contribution in [3.05, 3.63) is 71.0 Å². The van der Waals surface area contributed by atoms with Gasteiger partial charge in [0, 0.05) is 7.05 Å². The number of rotatable bonds is 2. The van der Waals surface area contributed by atoms with E-state index in [-0.39, 0.29) is 5.96 Å². The van der Waals surface area contributed by atoms with E-state index in [0.29, 0.717) is 11.1 Å². The molecule has 1 amide bonds. The Morgan fingerprint density at radius 3 is 2.33 bits per heavy atom. The molecule has 142 valence electrons. The van der Waals surface area contributed by atoms with Gasteiger partial charge in [0.2, 0.25) is 5.91 Å². The van der Waals surface area contributed by atoms with E-state index in [4.69, 9.17) is 5.41 Å². The molecule has 0 aliphatic carbocycles. The number of guanidine groups is 1. The molecule has 2 aromatic rings. The Kier molecular flexibility index (Phi) is 4.45. The summed E-state index contributed by atoms with van der Waals surface area (Å²) < 4.78 is 52.3. The number of hydrogen-bond acceptors (Lipinski definition) is 2. The van der Waals surface area contributed by atoms with Crippen LogP contribution in [0.4, 0.5) is 17.6 Å². The smallest absolute Gasteiger partial charge is 0.346 e. The molecule has 1 heterocycles. The van der Waals surface area contributed by atoms with E-state index >= 15 is 0 Å². The Bertz CT molecular complexity index is 895. The number of amides is 1. The van der Waals surface area contributed by atoms with Gasteiger partial charge in [-0.1, -0.05) is 24.3 Å². The summed E-state index contributed by atoms with van der Waals surface area (Å²) in [4.78, 5) is 14.0. The largest absolute Gasteiger partial charge is 0.416 e. The summed E-state index contributed by atoms with van der Waals surface area (Å²) in [6, 6.07) is 9.90. The van der Waals surface area contributed by atoms with E-state index in [1.54, 1.807) is 13.0 Å². The van der Waals surface area contributed by atoms with Crippen LogP contribution < -0.4 is 5.32 Å². The average molecular weight is 379 g/mol. The van der Waals surface area contributed by atoms with Crippen LogP contribution in [0.2, 0.25) is 0 Å². The fraction of sp³-hybridized carbons (Fsp3) is 0.263. The van der Waals surface area contributed by atoms with Crippen LogP contribution in [0.5, 0.6) is 0 Å². The maximum Gasteiger partial charge on any atom is 0.416 e. The lowest BCUT2D eigenvalue weighted by atomic mass is 9.73. The minimum absolute atomic E-state index is 0.171. The fourth-order valence-electron chi connectivity index (χ4n) is 3.34. The zero-order valence-corrected chi connectivity index (χ0v) is 14.6. The predicted octanol–water partition coefficient (Wildman–Crippen LogP) is 3.84. The molecule has 8 heteroatoms. The highest BCUT2D eigenvalue weighted by Gasteiger charge is 2.48. The Labute approximate surface area is 153 Å². The van der Waals surface area contributed by atoms with Gasteiger partial charge in [-0.3, -0.25) is 15.1 Å². The third kappa shape index (κ3) is 3.27. The highest BCUT2D eigenvalue weighted by atomic mass is 19.4. The van der Waals surface area contributed by atoms with E-state index in [1.165, 1.54) is 37.4 Å². The maximum absolute atomic E-state index is 13.8. The van der Waals surface area contributed by atoms with E-state index < -0.39 is 34.9 Å². The summed E-state index contributed by atoms with van der Waals surface area (Å²) in [5.74, 6) is -2.10.